The molecule has 1 spiro atoms. The van der Waals surface area contributed by atoms with Gasteiger partial charge in [0, 0.05) is 11.8 Å². The van der Waals surface area contributed by atoms with Crippen LogP contribution in [0.25, 0.3) is 0 Å². The number of nitrogens with one attached hydrogen (secondary N) is 1. The van der Waals surface area contributed by atoms with E-state index in [2.05, 4.69) is 29.4 Å². The van der Waals surface area contributed by atoms with Crippen LogP contribution in [0.4, 0.5) is 5.69 Å². The van der Waals surface area contributed by atoms with Crippen molar-refractivity contribution in [2.75, 3.05) is 11.9 Å². The summed E-state index contributed by atoms with van der Waals surface area (Å²) in [6.45, 7) is 5.22. The molecule has 1 saturated carbocycles. The van der Waals surface area contributed by atoms with Gasteiger partial charge in [0.15, 0.2) is 0 Å². The molecule has 4 heteroatoms. The number of fused-ring (bicyclic) bond motifs is 3. The van der Waals surface area contributed by atoms with E-state index in [4.69, 9.17) is 4.74 Å². The molecule has 29 heavy (non-hydrogen) atoms. The number of hydrogen-bond donors (Lipinski definition) is 1. The molecule has 4 nitrogen and oxygen atoms in total. The molecular formula is C25H30N2O2. The van der Waals surface area contributed by atoms with E-state index in [1.54, 1.807) is 6.20 Å². The number of ether oxygens (including phenoxy) is 1. The highest BCUT2D eigenvalue weighted by molar-refractivity contribution is 6.04. The van der Waals surface area contributed by atoms with Gasteiger partial charge in [0.25, 0.3) is 5.91 Å². The fourth-order valence-electron chi connectivity index (χ4n) is 5.93. The van der Waals surface area contributed by atoms with Gasteiger partial charge >= 0.3 is 0 Å². The van der Waals surface area contributed by atoms with E-state index < -0.39 is 0 Å². The fraction of sp³-hybridized carbons (Fsp3) is 0.520. The molecule has 1 N–H and O–H groups in total. The lowest BCUT2D eigenvalue weighted by atomic mass is 9.58. The summed E-state index contributed by atoms with van der Waals surface area (Å²) in [5.74, 6) is 0.645. The van der Waals surface area contributed by atoms with Crippen molar-refractivity contribution in [3.63, 3.8) is 0 Å². The Morgan fingerprint density at radius 3 is 2.93 bits per heavy atom. The number of carbonyl (C=O) groups excluding carboxylic acids is 1. The van der Waals surface area contributed by atoms with E-state index >= 15 is 0 Å². The van der Waals surface area contributed by atoms with E-state index in [9.17, 15) is 4.79 Å². The predicted molar refractivity (Wildman–Crippen MR) is 114 cm³/mol. The first kappa shape index (κ1) is 18.8. The number of amides is 1. The van der Waals surface area contributed by atoms with Gasteiger partial charge in [-0.1, -0.05) is 13.0 Å². The summed E-state index contributed by atoms with van der Waals surface area (Å²) < 4.78 is 5.86. The third-order valence-electron chi connectivity index (χ3n) is 7.77. The second kappa shape index (κ2) is 6.94. The largest absolute Gasteiger partial charge is 0.370 e. The lowest BCUT2D eigenvalue weighted by molar-refractivity contribution is 0.0969. The molecule has 2 aliphatic carbocycles. The Hall–Kier alpha value is -2.20. The van der Waals surface area contributed by atoms with Crippen LogP contribution in [-0.2, 0) is 16.6 Å². The number of aromatic nitrogens is 1. The molecule has 1 amide bonds. The molecule has 152 valence electrons. The third kappa shape index (κ3) is 3.18. The minimum Gasteiger partial charge on any atom is -0.370 e. The fourth-order valence-corrected chi connectivity index (χ4v) is 5.93. The van der Waals surface area contributed by atoms with Crippen molar-refractivity contribution in [3.8, 4) is 0 Å². The number of rotatable bonds is 3. The SMILES string of the molecule is CCC12CCC3(CO3)CC1CCCc1cc(C(=O)Nc3cccnc3C)ccc12. The monoisotopic (exact) mass is 390 g/mol. The van der Waals surface area contributed by atoms with Crippen LogP contribution in [0.3, 0.4) is 0 Å². The topological polar surface area (TPSA) is 54.5 Å². The summed E-state index contributed by atoms with van der Waals surface area (Å²) in [4.78, 5) is 17.2. The minimum atomic E-state index is -0.0516. The van der Waals surface area contributed by atoms with Crippen LogP contribution < -0.4 is 5.32 Å². The highest BCUT2D eigenvalue weighted by atomic mass is 16.6. The molecule has 0 bridgehead atoms. The standard InChI is InChI=1S/C25H30N2O2/c1-3-25-12-11-24(16-29-24)15-20(25)7-4-6-18-14-19(9-10-21(18)25)23(28)27-22-8-5-13-26-17(22)2/h5,8-10,13-14,20H,3-4,6-7,11-12,15-16H2,1-2H3,(H,27,28). The van der Waals surface area contributed by atoms with Crippen molar-refractivity contribution in [2.24, 2.45) is 5.92 Å². The molecule has 2 fully saturated rings. The molecule has 2 heterocycles. The molecule has 3 aliphatic rings. The van der Waals surface area contributed by atoms with E-state index in [-0.39, 0.29) is 16.9 Å². The van der Waals surface area contributed by atoms with E-state index in [0.717, 1.165) is 30.0 Å². The van der Waals surface area contributed by atoms with Crippen LogP contribution in [0.1, 0.15) is 72.6 Å². The van der Waals surface area contributed by atoms with Crippen LogP contribution >= 0.6 is 0 Å². The number of nitrogens with zero attached hydrogens (tertiary/aromatic N) is 1. The number of epoxide rings is 1. The van der Waals surface area contributed by atoms with Gasteiger partial charge in [-0.15, -0.1) is 0 Å². The number of pyridine rings is 1. The Labute approximate surface area is 173 Å². The van der Waals surface area contributed by atoms with Gasteiger partial charge < -0.3 is 10.1 Å². The number of benzene rings is 1. The molecule has 3 unspecified atom stereocenters. The van der Waals surface area contributed by atoms with E-state index in [0.29, 0.717) is 5.92 Å². The van der Waals surface area contributed by atoms with Crippen LogP contribution in [0.15, 0.2) is 36.5 Å². The average molecular weight is 391 g/mol. The van der Waals surface area contributed by atoms with Crippen molar-refractivity contribution in [3.05, 3.63) is 58.9 Å². The first-order valence-corrected chi connectivity index (χ1v) is 11.1. The zero-order chi connectivity index (χ0) is 20.1. The van der Waals surface area contributed by atoms with Gasteiger partial charge in [-0.25, -0.2) is 0 Å². The van der Waals surface area contributed by atoms with Crippen molar-refractivity contribution in [1.29, 1.82) is 0 Å². The highest BCUT2D eigenvalue weighted by Gasteiger charge is 2.56. The van der Waals surface area contributed by atoms with Gasteiger partial charge in [-0.05, 0) is 98.6 Å². The molecule has 5 rings (SSSR count). The molecule has 1 aliphatic heterocycles. The Morgan fingerprint density at radius 2 is 2.17 bits per heavy atom. The highest BCUT2D eigenvalue weighted by Crippen LogP contribution is 2.57. The minimum absolute atomic E-state index is 0.0516. The second-order valence-electron chi connectivity index (χ2n) is 9.24. The molecule has 2 aromatic rings. The van der Waals surface area contributed by atoms with Crippen molar-refractivity contribution < 1.29 is 9.53 Å². The summed E-state index contributed by atoms with van der Waals surface area (Å²) in [7, 11) is 0. The maximum absolute atomic E-state index is 12.9. The van der Waals surface area contributed by atoms with Crippen LogP contribution in [0.2, 0.25) is 0 Å². The molecule has 0 radical (unpaired) electrons. The van der Waals surface area contributed by atoms with Gasteiger partial charge in [0.05, 0.1) is 23.6 Å². The molecular weight excluding hydrogens is 360 g/mol. The number of aryl methyl sites for hydroxylation is 2. The zero-order valence-corrected chi connectivity index (χ0v) is 17.5. The van der Waals surface area contributed by atoms with E-state index in [1.165, 1.54) is 49.7 Å². The summed E-state index contributed by atoms with van der Waals surface area (Å²) in [6, 6.07) is 10.2. The van der Waals surface area contributed by atoms with Gasteiger partial charge in [0.2, 0.25) is 0 Å². The summed E-state index contributed by atoms with van der Waals surface area (Å²) in [5.41, 5.74) is 5.67. The Kier molecular flexibility index (Phi) is 4.50. The quantitative estimate of drug-likeness (QED) is 0.733. The lowest BCUT2D eigenvalue weighted by Gasteiger charge is -2.46. The predicted octanol–water partition coefficient (Wildman–Crippen LogP) is 5.20. The zero-order valence-electron chi connectivity index (χ0n) is 17.5. The maximum atomic E-state index is 12.9. The molecule has 1 saturated heterocycles. The number of hydrogen-bond acceptors (Lipinski definition) is 3. The van der Waals surface area contributed by atoms with Gasteiger partial charge in [0.1, 0.15) is 0 Å². The molecule has 3 atom stereocenters. The Morgan fingerprint density at radius 1 is 1.31 bits per heavy atom. The van der Waals surface area contributed by atoms with Crippen molar-refractivity contribution >= 4 is 11.6 Å². The second-order valence-corrected chi connectivity index (χ2v) is 9.24. The Bertz CT molecular complexity index is 950. The average Bonchev–Trinajstić information content (AvgIpc) is 3.51. The normalized spacial score (nSPS) is 30.2. The molecule has 1 aromatic heterocycles. The Balaban J connectivity index is 1.46. The summed E-state index contributed by atoms with van der Waals surface area (Å²) in [5, 5.41) is 3.03. The lowest BCUT2D eigenvalue weighted by Crippen LogP contribution is -2.43. The van der Waals surface area contributed by atoms with Crippen molar-refractivity contribution in [2.45, 2.75) is 69.8 Å². The smallest absolute Gasteiger partial charge is 0.255 e. The van der Waals surface area contributed by atoms with Crippen LogP contribution in [0.5, 0.6) is 0 Å². The first-order valence-electron chi connectivity index (χ1n) is 11.1. The van der Waals surface area contributed by atoms with E-state index in [1.807, 2.05) is 25.1 Å². The van der Waals surface area contributed by atoms with Crippen LogP contribution in [-0.4, -0.2) is 23.1 Å². The van der Waals surface area contributed by atoms with Crippen molar-refractivity contribution in [1.82, 2.24) is 4.98 Å². The van der Waals surface area contributed by atoms with Crippen LogP contribution in [0, 0.1) is 12.8 Å². The number of carbonyl (C=O) groups is 1. The van der Waals surface area contributed by atoms with Gasteiger partial charge in [-0.3, -0.25) is 9.78 Å². The van der Waals surface area contributed by atoms with Gasteiger partial charge in [-0.2, -0.15) is 0 Å². The third-order valence-corrected chi connectivity index (χ3v) is 7.77. The number of anilines is 1. The summed E-state index contributed by atoms with van der Waals surface area (Å²) >= 11 is 0. The first-order chi connectivity index (χ1) is 14.1. The molecule has 1 aromatic carbocycles. The summed E-state index contributed by atoms with van der Waals surface area (Å²) in [6.07, 6.45) is 10.0. The maximum Gasteiger partial charge on any atom is 0.255 e.